The number of para-hydroxylation sites is 1. The van der Waals surface area contributed by atoms with Gasteiger partial charge in [0.1, 0.15) is 11.2 Å². The number of oxazole rings is 1. The van der Waals surface area contributed by atoms with Crippen LogP contribution in [0.15, 0.2) is 153 Å². The first kappa shape index (κ1) is 27.2. The minimum Gasteiger partial charge on any atom is -0.456 e. The zero-order valence-corrected chi connectivity index (χ0v) is 25.7. The molecule has 0 atom stereocenters. The molecule has 4 aromatic heterocycles. The van der Waals surface area contributed by atoms with E-state index in [0.717, 1.165) is 60.8 Å². The molecule has 8 nitrogen and oxygen atoms in total. The summed E-state index contributed by atoms with van der Waals surface area (Å²) < 4.78 is 14.3. The van der Waals surface area contributed by atoms with Gasteiger partial charge in [0.25, 0.3) is 5.56 Å². The molecule has 0 amide bonds. The molecule has 0 aliphatic carbocycles. The largest absolute Gasteiger partial charge is 0.456 e. The molecule has 0 spiro atoms. The van der Waals surface area contributed by atoms with Gasteiger partial charge in [-0.05, 0) is 53.6 Å². The van der Waals surface area contributed by atoms with Crippen LogP contribution in [0.5, 0.6) is 0 Å². The molecule has 10 aromatic rings. The Morgan fingerprint density at radius 1 is 0.449 bits per heavy atom. The van der Waals surface area contributed by atoms with Crippen LogP contribution in [0.4, 0.5) is 0 Å². The lowest BCUT2D eigenvalue weighted by molar-refractivity contribution is 0.636. The van der Waals surface area contributed by atoms with Crippen LogP contribution in [0.1, 0.15) is 0 Å². The SMILES string of the molecule is O=c1nc2oc3ccc(-c4ccc5oc6cccc(-c7nc(-c8ccccc8)nc(-c8ccccc8)n7)c6c5c4)cc3n2c2ccccc12. The van der Waals surface area contributed by atoms with E-state index in [1.54, 1.807) is 6.07 Å². The average Bonchev–Trinajstić information content (AvgIpc) is 3.73. The zero-order valence-electron chi connectivity index (χ0n) is 25.7. The smallest absolute Gasteiger partial charge is 0.310 e. The van der Waals surface area contributed by atoms with Crippen molar-refractivity contribution in [3.8, 4) is 45.3 Å². The van der Waals surface area contributed by atoms with Gasteiger partial charge in [-0.2, -0.15) is 4.98 Å². The average molecular weight is 634 g/mol. The molecule has 6 aromatic carbocycles. The Morgan fingerprint density at radius 2 is 1.10 bits per heavy atom. The van der Waals surface area contributed by atoms with Crippen molar-refractivity contribution in [1.29, 1.82) is 0 Å². The summed E-state index contributed by atoms with van der Waals surface area (Å²) in [5, 5.41) is 2.40. The van der Waals surface area contributed by atoms with Crippen LogP contribution in [-0.2, 0) is 0 Å². The second kappa shape index (κ2) is 10.5. The normalized spacial score (nSPS) is 11.8. The van der Waals surface area contributed by atoms with Gasteiger partial charge < -0.3 is 8.83 Å². The first-order chi connectivity index (χ1) is 24.2. The van der Waals surface area contributed by atoms with E-state index in [0.29, 0.717) is 28.4 Å². The van der Waals surface area contributed by atoms with Crippen molar-refractivity contribution in [2.75, 3.05) is 0 Å². The van der Waals surface area contributed by atoms with Gasteiger partial charge >= 0.3 is 5.84 Å². The minimum absolute atomic E-state index is 0.263. The molecule has 8 heteroatoms. The third-order valence-electron chi connectivity index (χ3n) is 8.93. The van der Waals surface area contributed by atoms with Crippen molar-refractivity contribution in [2.24, 2.45) is 0 Å². The molecule has 0 radical (unpaired) electrons. The lowest BCUT2D eigenvalue weighted by atomic mass is 10.00. The molecule has 0 saturated heterocycles. The first-order valence-corrected chi connectivity index (χ1v) is 15.8. The van der Waals surface area contributed by atoms with Crippen LogP contribution in [-0.4, -0.2) is 24.3 Å². The summed E-state index contributed by atoms with van der Waals surface area (Å²) >= 11 is 0. The first-order valence-electron chi connectivity index (χ1n) is 15.8. The molecule has 0 saturated carbocycles. The maximum absolute atomic E-state index is 12.7. The third kappa shape index (κ3) is 4.35. The van der Waals surface area contributed by atoms with E-state index in [1.165, 1.54) is 0 Å². The Kier molecular flexibility index (Phi) is 5.86. The van der Waals surface area contributed by atoms with E-state index in [9.17, 15) is 4.79 Å². The van der Waals surface area contributed by atoms with Gasteiger partial charge in [0.2, 0.25) is 0 Å². The lowest BCUT2D eigenvalue weighted by Gasteiger charge is -2.09. The number of aromatic nitrogens is 5. The van der Waals surface area contributed by atoms with Gasteiger partial charge in [-0.25, -0.2) is 15.0 Å². The van der Waals surface area contributed by atoms with E-state index in [2.05, 4.69) is 23.2 Å². The number of fused-ring (bicyclic) bond motifs is 8. The standard InChI is InChI=1S/C41H23N5O3/c47-40-28-14-7-8-16-31(28)46-32-23-27(19-21-34(32)49-41(46)45-40)26-18-20-33-30(22-26)36-29(15-9-17-35(36)48-33)39-43-37(24-10-3-1-4-11-24)42-38(44-39)25-12-5-2-6-13-25/h1-23H. The molecular formula is C41H23N5O3. The molecule has 0 aliphatic rings. The van der Waals surface area contributed by atoms with E-state index >= 15 is 0 Å². The molecule has 4 heterocycles. The van der Waals surface area contributed by atoms with Crippen molar-refractivity contribution in [2.45, 2.75) is 0 Å². The second-order valence-electron chi connectivity index (χ2n) is 11.9. The van der Waals surface area contributed by atoms with Gasteiger partial charge in [-0.3, -0.25) is 9.20 Å². The number of furan rings is 1. The van der Waals surface area contributed by atoms with Crippen LogP contribution >= 0.6 is 0 Å². The number of benzene rings is 6. The fourth-order valence-corrected chi connectivity index (χ4v) is 6.63. The van der Waals surface area contributed by atoms with Crippen molar-refractivity contribution in [1.82, 2.24) is 24.3 Å². The summed E-state index contributed by atoms with van der Waals surface area (Å²) in [6, 6.07) is 45.5. The van der Waals surface area contributed by atoms with E-state index in [-0.39, 0.29) is 11.4 Å². The Bertz CT molecular complexity index is 2910. The summed E-state index contributed by atoms with van der Waals surface area (Å²) in [7, 11) is 0. The summed E-state index contributed by atoms with van der Waals surface area (Å²) in [6.45, 7) is 0. The highest BCUT2D eigenvalue weighted by Crippen LogP contribution is 2.39. The predicted octanol–water partition coefficient (Wildman–Crippen LogP) is 9.35. The summed E-state index contributed by atoms with van der Waals surface area (Å²) in [6.07, 6.45) is 0. The maximum Gasteiger partial charge on any atom is 0.310 e. The molecule has 0 N–H and O–H groups in total. The highest BCUT2D eigenvalue weighted by Gasteiger charge is 2.19. The fourth-order valence-electron chi connectivity index (χ4n) is 6.63. The maximum atomic E-state index is 12.7. The summed E-state index contributed by atoms with van der Waals surface area (Å²) in [4.78, 5) is 31.8. The summed E-state index contributed by atoms with van der Waals surface area (Å²) in [5.74, 6) is 2.02. The van der Waals surface area contributed by atoms with E-state index in [1.807, 2.05) is 120 Å². The van der Waals surface area contributed by atoms with E-state index < -0.39 is 0 Å². The van der Waals surface area contributed by atoms with Crippen LogP contribution in [0, 0.1) is 0 Å². The molecule has 10 rings (SSSR count). The van der Waals surface area contributed by atoms with E-state index in [4.69, 9.17) is 23.8 Å². The van der Waals surface area contributed by atoms with Crippen LogP contribution < -0.4 is 5.56 Å². The topological polar surface area (TPSA) is 99.3 Å². The molecule has 0 unspecified atom stereocenters. The molecular weight excluding hydrogens is 610 g/mol. The quantitative estimate of drug-likeness (QED) is 0.190. The van der Waals surface area contributed by atoms with Crippen LogP contribution in [0.3, 0.4) is 0 Å². The Balaban J connectivity index is 1.18. The predicted molar refractivity (Wildman–Crippen MR) is 191 cm³/mol. The van der Waals surface area contributed by atoms with Crippen molar-refractivity contribution in [3.05, 3.63) is 150 Å². The highest BCUT2D eigenvalue weighted by molar-refractivity contribution is 6.13. The minimum atomic E-state index is -0.312. The highest BCUT2D eigenvalue weighted by atomic mass is 16.4. The van der Waals surface area contributed by atoms with Crippen molar-refractivity contribution >= 4 is 49.8 Å². The number of hydrogen-bond acceptors (Lipinski definition) is 7. The Hall–Kier alpha value is -6.93. The fraction of sp³-hybridized carbons (Fsp3) is 0. The van der Waals surface area contributed by atoms with Gasteiger partial charge in [-0.1, -0.05) is 97.1 Å². The molecule has 0 aliphatic heterocycles. The molecule has 0 bridgehead atoms. The van der Waals surface area contributed by atoms with Gasteiger partial charge in [0, 0.05) is 27.5 Å². The van der Waals surface area contributed by atoms with Crippen molar-refractivity contribution < 1.29 is 8.83 Å². The van der Waals surface area contributed by atoms with Crippen molar-refractivity contribution in [3.63, 3.8) is 0 Å². The van der Waals surface area contributed by atoms with Gasteiger partial charge in [0.15, 0.2) is 23.1 Å². The molecule has 230 valence electrons. The summed E-state index contributed by atoms with van der Waals surface area (Å²) in [5.41, 5.74) is 8.03. The van der Waals surface area contributed by atoms with Crippen LogP contribution in [0.25, 0.3) is 95.1 Å². The number of hydrogen-bond donors (Lipinski definition) is 0. The monoisotopic (exact) mass is 633 g/mol. The lowest BCUT2D eigenvalue weighted by Crippen LogP contribution is -2.08. The van der Waals surface area contributed by atoms with Crippen LogP contribution in [0.2, 0.25) is 0 Å². The number of nitrogens with zero attached hydrogens (tertiary/aromatic N) is 5. The van der Waals surface area contributed by atoms with Gasteiger partial charge in [-0.15, -0.1) is 0 Å². The molecule has 0 fully saturated rings. The van der Waals surface area contributed by atoms with Gasteiger partial charge in [0.05, 0.1) is 16.4 Å². The zero-order chi connectivity index (χ0) is 32.5. The third-order valence-corrected chi connectivity index (χ3v) is 8.93. The number of rotatable bonds is 4. The Morgan fingerprint density at radius 3 is 1.86 bits per heavy atom. The Labute approximate surface area is 277 Å². The second-order valence-corrected chi connectivity index (χ2v) is 11.9. The molecule has 49 heavy (non-hydrogen) atoms.